The summed E-state index contributed by atoms with van der Waals surface area (Å²) in [5.74, 6) is -0.119. The number of hydrogen-bond donors (Lipinski definition) is 2. The molecule has 0 spiro atoms. The maximum absolute atomic E-state index is 13.4. The van der Waals surface area contributed by atoms with E-state index in [1.807, 2.05) is 60.7 Å². The molecule has 0 radical (unpaired) electrons. The molecule has 0 bridgehead atoms. The SMILES string of the molecule is O=C(CCC1CC(S)CN1S(=O)(=O)c1ccc2ccccc2c1)Nc1ccccc1. The minimum Gasteiger partial charge on any atom is -0.326 e. The Bertz CT molecular complexity index is 1150. The zero-order chi connectivity index (χ0) is 21.1. The van der Waals surface area contributed by atoms with Crippen LogP contribution >= 0.6 is 12.6 Å². The Morgan fingerprint density at radius 3 is 2.47 bits per heavy atom. The lowest BCUT2D eigenvalue weighted by Gasteiger charge is -2.24. The molecule has 156 valence electrons. The first kappa shape index (κ1) is 20.9. The van der Waals surface area contributed by atoms with E-state index in [2.05, 4.69) is 17.9 Å². The average molecular weight is 441 g/mol. The summed E-state index contributed by atoms with van der Waals surface area (Å²) < 4.78 is 28.2. The van der Waals surface area contributed by atoms with Crippen LogP contribution in [0.2, 0.25) is 0 Å². The molecule has 1 amide bonds. The van der Waals surface area contributed by atoms with Gasteiger partial charge in [0.1, 0.15) is 0 Å². The molecule has 3 aromatic rings. The fourth-order valence-electron chi connectivity index (χ4n) is 3.93. The van der Waals surface area contributed by atoms with Gasteiger partial charge in [0.05, 0.1) is 4.90 Å². The second-order valence-electron chi connectivity index (χ2n) is 7.58. The molecule has 1 aliphatic heterocycles. The molecular formula is C23H24N2O3S2. The van der Waals surface area contributed by atoms with E-state index in [4.69, 9.17) is 0 Å². The first-order chi connectivity index (χ1) is 14.4. The largest absolute Gasteiger partial charge is 0.326 e. The van der Waals surface area contributed by atoms with Crippen LogP contribution in [-0.2, 0) is 14.8 Å². The van der Waals surface area contributed by atoms with Crippen LogP contribution in [0.15, 0.2) is 77.7 Å². The Morgan fingerprint density at radius 2 is 1.70 bits per heavy atom. The zero-order valence-corrected chi connectivity index (χ0v) is 18.1. The van der Waals surface area contributed by atoms with Crippen molar-refractivity contribution < 1.29 is 13.2 Å². The third kappa shape index (κ3) is 4.53. The standard InChI is InChI=1S/C23H24N2O3S2/c26-23(24-19-8-2-1-3-9-19)13-11-20-15-21(29)16-25(20)30(27,28)22-12-10-17-6-4-5-7-18(17)14-22/h1-10,12,14,20-21,29H,11,13,15-16H2,(H,24,26). The van der Waals surface area contributed by atoms with Crippen LogP contribution in [0.4, 0.5) is 5.69 Å². The molecule has 1 aliphatic rings. The third-order valence-corrected chi connectivity index (χ3v) is 7.72. The summed E-state index contributed by atoms with van der Waals surface area (Å²) in [5.41, 5.74) is 0.738. The van der Waals surface area contributed by atoms with Crippen molar-refractivity contribution in [1.29, 1.82) is 0 Å². The van der Waals surface area contributed by atoms with E-state index in [0.29, 0.717) is 19.4 Å². The highest BCUT2D eigenvalue weighted by atomic mass is 32.2. The van der Waals surface area contributed by atoms with E-state index in [1.54, 1.807) is 12.1 Å². The number of fused-ring (bicyclic) bond motifs is 1. The number of nitrogens with one attached hydrogen (secondary N) is 1. The Balaban J connectivity index is 1.49. The van der Waals surface area contributed by atoms with Crippen molar-refractivity contribution in [2.75, 3.05) is 11.9 Å². The highest BCUT2D eigenvalue weighted by Crippen LogP contribution is 2.32. The van der Waals surface area contributed by atoms with Gasteiger partial charge < -0.3 is 5.32 Å². The lowest BCUT2D eigenvalue weighted by molar-refractivity contribution is -0.116. The second kappa shape index (κ2) is 8.79. The number of hydrogen-bond acceptors (Lipinski definition) is 4. The lowest BCUT2D eigenvalue weighted by atomic mass is 10.1. The van der Waals surface area contributed by atoms with Gasteiger partial charge in [-0.25, -0.2) is 8.42 Å². The molecule has 1 N–H and O–H groups in total. The summed E-state index contributed by atoms with van der Waals surface area (Å²) in [5, 5.41) is 4.70. The van der Waals surface area contributed by atoms with Crippen LogP contribution in [0.5, 0.6) is 0 Å². The number of carbonyl (C=O) groups is 1. The van der Waals surface area contributed by atoms with Crippen LogP contribution < -0.4 is 5.32 Å². The predicted octanol–water partition coefficient (Wildman–Crippen LogP) is 4.32. The predicted molar refractivity (Wildman–Crippen MR) is 123 cm³/mol. The molecule has 1 saturated heterocycles. The lowest BCUT2D eigenvalue weighted by Crippen LogP contribution is -2.36. The van der Waals surface area contributed by atoms with Crippen LogP contribution in [-0.4, -0.2) is 36.5 Å². The van der Waals surface area contributed by atoms with Crippen LogP contribution in [0.25, 0.3) is 10.8 Å². The minimum absolute atomic E-state index is 0.0394. The molecule has 3 aromatic carbocycles. The van der Waals surface area contributed by atoms with Gasteiger partial charge in [-0.15, -0.1) is 0 Å². The first-order valence-electron chi connectivity index (χ1n) is 9.97. The summed E-state index contributed by atoms with van der Waals surface area (Å²) in [6.07, 6.45) is 1.35. The minimum atomic E-state index is -3.67. The van der Waals surface area contributed by atoms with Crippen molar-refractivity contribution in [2.24, 2.45) is 0 Å². The van der Waals surface area contributed by atoms with Gasteiger partial charge in [0.25, 0.3) is 0 Å². The second-order valence-corrected chi connectivity index (χ2v) is 10.2. The maximum atomic E-state index is 13.4. The van der Waals surface area contributed by atoms with Crippen molar-refractivity contribution in [3.63, 3.8) is 0 Å². The fourth-order valence-corrected chi connectivity index (χ4v) is 6.20. The van der Waals surface area contributed by atoms with Crippen LogP contribution in [0.1, 0.15) is 19.3 Å². The van der Waals surface area contributed by atoms with E-state index in [0.717, 1.165) is 16.5 Å². The quantitative estimate of drug-likeness (QED) is 0.561. The number of nitrogens with zero attached hydrogens (tertiary/aromatic N) is 1. The van der Waals surface area contributed by atoms with Gasteiger partial charge in [-0.05, 0) is 47.9 Å². The normalized spacial score (nSPS) is 19.8. The Kier molecular flexibility index (Phi) is 6.13. The van der Waals surface area contributed by atoms with Gasteiger partial charge in [0.2, 0.25) is 15.9 Å². The van der Waals surface area contributed by atoms with E-state index < -0.39 is 10.0 Å². The zero-order valence-electron chi connectivity index (χ0n) is 16.4. The van der Waals surface area contributed by atoms with E-state index in [1.165, 1.54) is 4.31 Å². The van der Waals surface area contributed by atoms with E-state index >= 15 is 0 Å². The summed E-state index contributed by atoms with van der Waals surface area (Å²) in [4.78, 5) is 12.6. The number of rotatable bonds is 6. The van der Waals surface area contributed by atoms with Crippen molar-refractivity contribution >= 4 is 45.0 Å². The van der Waals surface area contributed by atoms with Crippen molar-refractivity contribution in [2.45, 2.75) is 35.4 Å². The summed E-state index contributed by atoms with van der Waals surface area (Å²) >= 11 is 4.53. The van der Waals surface area contributed by atoms with E-state index in [-0.39, 0.29) is 28.5 Å². The molecule has 30 heavy (non-hydrogen) atoms. The van der Waals surface area contributed by atoms with Gasteiger partial charge in [-0.2, -0.15) is 16.9 Å². The molecule has 2 atom stereocenters. The number of sulfonamides is 1. The van der Waals surface area contributed by atoms with Crippen molar-refractivity contribution in [3.05, 3.63) is 72.8 Å². The van der Waals surface area contributed by atoms with Crippen LogP contribution in [0.3, 0.4) is 0 Å². The Morgan fingerprint density at radius 1 is 1.00 bits per heavy atom. The van der Waals surface area contributed by atoms with Crippen LogP contribution in [0, 0.1) is 0 Å². The Hall–Kier alpha value is -2.35. The van der Waals surface area contributed by atoms with Gasteiger partial charge in [-0.1, -0.05) is 48.5 Å². The molecule has 2 unspecified atom stereocenters. The molecule has 4 rings (SSSR count). The molecule has 5 nitrogen and oxygen atoms in total. The highest BCUT2D eigenvalue weighted by Gasteiger charge is 2.39. The number of benzene rings is 3. The number of para-hydroxylation sites is 1. The molecule has 0 aromatic heterocycles. The number of anilines is 1. The van der Waals surface area contributed by atoms with E-state index in [9.17, 15) is 13.2 Å². The summed E-state index contributed by atoms with van der Waals surface area (Å²) in [6.45, 7) is 0.350. The molecular weight excluding hydrogens is 416 g/mol. The summed E-state index contributed by atoms with van der Waals surface area (Å²) in [7, 11) is -3.67. The van der Waals surface area contributed by atoms with Gasteiger partial charge in [0.15, 0.2) is 0 Å². The van der Waals surface area contributed by atoms with Gasteiger partial charge >= 0.3 is 0 Å². The molecule has 0 saturated carbocycles. The molecule has 7 heteroatoms. The smallest absolute Gasteiger partial charge is 0.243 e. The number of carbonyl (C=O) groups excluding carboxylic acids is 1. The maximum Gasteiger partial charge on any atom is 0.243 e. The monoisotopic (exact) mass is 440 g/mol. The molecule has 1 heterocycles. The topological polar surface area (TPSA) is 66.5 Å². The van der Waals surface area contributed by atoms with Crippen molar-refractivity contribution in [3.8, 4) is 0 Å². The Labute approximate surface area is 182 Å². The summed E-state index contributed by atoms with van der Waals surface area (Å²) in [6, 6.07) is 21.9. The average Bonchev–Trinajstić information content (AvgIpc) is 3.14. The van der Waals surface area contributed by atoms with Gasteiger partial charge in [0, 0.05) is 29.9 Å². The number of thiol groups is 1. The number of amides is 1. The third-order valence-electron chi connectivity index (χ3n) is 5.43. The molecule has 1 fully saturated rings. The molecule has 0 aliphatic carbocycles. The fraction of sp³-hybridized carbons (Fsp3) is 0.261. The van der Waals surface area contributed by atoms with Crippen molar-refractivity contribution in [1.82, 2.24) is 4.31 Å². The van der Waals surface area contributed by atoms with Gasteiger partial charge in [-0.3, -0.25) is 4.79 Å². The highest BCUT2D eigenvalue weighted by molar-refractivity contribution is 7.89. The first-order valence-corrected chi connectivity index (χ1v) is 11.9.